The lowest BCUT2D eigenvalue weighted by Crippen LogP contribution is -2.51. The Morgan fingerprint density at radius 2 is 2.16 bits per heavy atom. The van der Waals surface area contributed by atoms with Gasteiger partial charge in [-0.15, -0.1) is 12.4 Å². The minimum absolute atomic E-state index is 0. The molecule has 108 valence electrons. The van der Waals surface area contributed by atoms with E-state index >= 15 is 0 Å². The van der Waals surface area contributed by atoms with Crippen LogP contribution in [0.3, 0.4) is 0 Å². The van der Waals surface area contributed by atoms with Crippen LogP contribution in [0.4, 0.5) is 0 Å². The third kappa shape index (κ3) is 3.42. The molecule has 3 heterocycles. The number of nitrogens with two attached hydrogens (primary N) is 1. The Labute approximate surface area is 124 Å². The van der Waals surface area contributed by atoms with Crippen LogP contribution in [0.1, 0.15) is 19.8 Å². The number of carbonyl (C=O) groups excluding carboxylic acids is 1. The van der Waals surface area contributed by atoms with Crippen molar-refractivity contribution in [3.8, 4) is 0 Å². The van der Waals surface area contributed by atoms with Gasteiger partial charge in [0, 0.05) is 19.0 Å². The summed E-state index contributed by atoms with van der Waals surface area (Å²) < 4.78 is 5.10. The summed E-state index contributed by atoms with van der Waals surface area (Å²) >= 11 is 4.76. The molecule has 3 aliphatic heterocycles. The number of ether oxygens (including phenoxy) is 1. The number of nitrogens with zero attached hydrogens (tertiary/aromatic N) is 1. The Hall–Kier alpha value is -1.21. The number of piperidine rings is 1. The van der Waals surface area contributed by atoms with Crippen LogP contribution in [0.2, 0.25) is 0 Å². The molecule has 3 rings (SSSR count). The van der Waals surface area contributed by atoms with Crippen LogP contribution < -0.4 is 16.6 Å². The van der Waals surface area contributed by atoms with E-state index in [2.05, 4.69) is 15.8 Å². The Bertz CT molecular complexity index is 394. The lowest BCUT2D eigenvalue weighted by Gasteiger charge is -2.42. The maximum Gasteiger partial charge on any atom is 0.356 e. The van der Waals surface area contributed by atoms with E-state index in [9.17, 15) is 4.79 Å². The molecular formula is C11H19ClN4O2S. The largest absolute Gasteiger partial charge is 0.461 e. The van der Waals surface area contributed by atoms with Crippen molar-refractivity contribution < 1.29 is 9.53 Å². The Morgan fingerprint density at radius 3 is 2.68 bits per heavy atom. The summed E-state index contributed by atoms with van der Waals surface area (Å²) in [6.45, 7) is 3.97. The van der Waals surface area contributed by atoms with Gasteiger partial charge in [0.2, 0.25) is 0 Å². The van der Waals surface area contributed by atoms with Gasteiger partial charge in [0.1, 0.15) is 5.70 Å². The highest BCUT2D eigenvalue weighted by Crippen LogP contribution is 2.34. The van der Waals surface area contributed by atoms with Crippen LogP contribution in [0.5, 0.6) is 0 Å². The Kier molecular flexibility index (Phi) is 5.68. The third-order valence-corrected chi connectivity index (χ3v) is 3.37. The fourth-order valence-electron chi connectivity index (χ4n) is 2.48. The zero-order valence-electron chi connectivity index (χ0n) is 10.8. The molecule has 1 fully saturated rings. The SMILES string of the molecule is CCOC(=O)C1=C(NNC(N)=S)C2CCN1CC2.Cl. The topological polar surface area (TPSA) is 79.6 Å². The molecule has 0 radical (unpaired) electrons. The van der Waals surface area contributed by atoms with E-state index in [1.807, 2.05) is 0 Å². The molecular weight excluding hydrogens is 288 g/mol. The Morgan fingerprint density at radius 1 is 1.53 bits per heavy atom. The van der Waals surface area contributed by atoms with Crippen molar-refractivity contribution in [1.29, 1.82) is 0 Å². The van der Waals surface area contributed by atoms with Crippen LogP contribution in [-0.4, -0.2) is 35.7 Å². The second kappa shape index (κ2) is 6.81. The molecule has 0 aromatic carbocycles. The highest BCUT2D eigenvalue weighted by Gasteiger charge is 2.37. The number of rotatable bonds is 4. The molecule has 4 N–H and O–H groups in total. The molecule has 0 aliphatic carbocycles. The molecule has 6 nitrogen and oxygen atoms in total. The van der Waals surface area contributed by atoms with E-state index in [0.717, 1.165) is 31.6 Å². The number of nitrogens with one attached hydrogen (secondary N) is 2. The first kappa shape index (κ1) is 15.8. The first-order chi connectivity index (χ1) is 8.63. The van der Waals surface area contributed by atoms with E-state index < -0.39 is 0 Å². The van der Waals surface area contributed by atoms with Gasteiger partial charge in [-0.3, -0.25) is 5.43 Å². The maximum absolute atomic E-state index is 12.0. The van der Waals surface area contributed by atoms with Gasteiger partial charge in [-0.05, 0) is 32.0 Å². The highest BCUT2D eigenvalue weighted by atomic mass is 35.5. The van der Waals surface area contributed by atoms with Crippen LogP contribution in [-0.2, 0) is 9.53 Å². The Balaban J connectivity index is 0.00000180. The van der Waals surface area contributed by atoms with Crippen LogP contribution >= 0.6 is 24.6 Å². The smallest absolute Gasteiger partial charge is 0.356 e. The van der Waals surface area contributed by atoms with Gasteiger partial charge >= 0.3 is 5.97 Å². The van der Waals surface area contributed by atoms with E-state index in [1.54, 1.807) is 6.92 Å². The number of thiocarbonyl (C=S) groups is 1. The molecule has 2 bridgehead atoms. The van der Waals surface area contributed by atoms with Crippen LogP contribution in [0.25, 0.3) is 0 Å². The molecule has 0 atom stereocenters. The summed E-state index contributed by atoms with van der Waals surface area (Å²) in [5.41, 5.74) is 12.5. The zero-order chi connectivity index (χ0) is 13.1. The van der Waals surface area contributed by atoms with Gasteiger partial charge in [-0.2, -0.15) is 0 Å². The molecule has 1 saturated heterocycles. The van der Waals surface area contributed by atoms with E-state index in [1.165, 1.54) is 0 Å². The molecule has 8 heteroatoms. The quantitative estimate of drug-likeness (QED) is 0.390. The van der Waals surface area contributed by atoms with E-state index in [0.29, 0.717) is 18.2 Å². The number of hydrazine groups is 1. The molecule has 0 aromatic rings. The van der Waals surface area contributed by atoms with Crippen molar-refractivity contribution in [1.82, 2.24) is 15.8 Å². The van der Waals surface area contributed by atoms with E-state index in [-0.39, 0.29) is 23.5 Å². The first-order valence-electron chi connectivity index (χ1n) is 6.11. The number of allylic oxidation sites excluding steroid dienone is 1. The maximum atomic E-state index is 12.0. The number of carbonyl (C=O) groups is 1. The molecule has 0 aromatic heterocycles. The minimum atomic E-state index is -0.283. The summed E-state index contributed by atoms with van der Waals surface area (Å²) in [5, 5.41) is 0.155. The van der Waals surface area contributed by atoms with Gasteiger partial charge in [-0.25, -0.2) is 4.79 Å². The molecule has 0 saturated carbocycles. The van der Waals surface area contributed by atoms with Gasteiger partial charge in [0.25, 0.3) is 0 Å². The van der Waals surface area contributed by atoms with Crippen molar-refractivity contribution in [2.24, 2.45) is 11.7 Å². The number of halogens is 1. The predicted octanol–water partition coefficient (Wildman–Crippen LogP) is 0.246. The van der Waals surface area contributed by atoms with Gasteiger partial charge < -0.3 is 20.8 Å². The van der Waals surface area contributed by atoms with Crippen molar-refractivity contribution in [2.45, 2.75) is 19.8 Å². The van der Waals surface area contributed by atoms with Crippen molar-refractivity contribution in [2.75, 3.05) is 19.7 Å². The fraction of sp³-hybridized carbons (Fsp3) is 0.636. The minimum Gasteiger partial charge on any atom is -0.461 e. The standard InChI is InChI=1S/C11H18N4O2S.ClH/c1-2-17-10(16)9-8(13-14-11(12)18)7-3-5-15(9)6-4-7;/h7,13H,2-6H2,1H3,(H3,12,14,18);1H. The number of hydrogen-bond donors (Lipinski definition) is 3. The van der Waals surface area contributed by atoms with Crippen molar-refractivity contribution in [3.63, 3.8) is 0 Å². The third-order valence-electron chi connectivity index (χ3n) is 3.26. The first-order valence-corrected chi connectivity index (χ1v) is 6.52. The monoisotopic (exact) mass is 306 g/mol. The lowest BCUT2D eigenvalue weighted by atomic mass is 9.87. The van der Waals surface area contributed by atoms with Gasteiger partial charge in [-0.1, -0.05) is 0 Å². The number of esters is 1. The second-order valence-electron chi connectivity index (χ2n) is 4.36. The summed E-state index contributed by atoms with van der Waals surface area (Å²) in [4.78, 5) is 14.0. The molecule has 0 unspecified atom stereocenters. The zero-order valence-corrected chi connectivity index (χ0v) is 12.4. The van der Waals surface area contributed by atoms with E-state index in [4.69, 9.17) is 22.7 Å². The number of hydrogen-bond acceptors (Lipinski definition) is 5. The highest BCUT2D eigenvalue weighted by molar-refractivity contribution is 7.80. The molecule has 0 spiro atoms. The molecule has 3 aliphatic rings. The summed E-state index contributed by atoms with van der Waals surface area (Å²) in [7, 11) is 0. The summed E-state index contributed by atoms with van der Waals surface area (Å²) in [6.07, 6.45) is 2.06. The van der Waals surface area contributed by atoms with Crippen LogP contribution in [0.15, 0.2) is 11.4 Å². The molecule has 0 amide bonds. The lowest BCUT2D eigenvalue weighted by molar-refractivity contribution is -0.141. The van der Waals surface area contributed by atoms with Gasteiger partial charge in [0.15, 0.2) is 5.11 Å². The normalized spacial score (nSPS) is 17.8. The van der Waals surface area contributed by atoms with Crippen molar-refractivity contribution in [3.05, 3.63) is 11.4 Å². The van der Waals surface area contributed by atoms with Crippen LogP contribution in [0, 0.1) is 5.92 Å². The second-order valence-corrected chi connectivity index (χ2v) is 4.80. The average Bonchev–Trinajstić information content (AvgIpc) is 2.37. The fourth-order valence-corrected chi connectivity index (χ4v) is 2.54. The van der Waals surface area contributed by atoms with Gasteiger partial charge in [0.05, 0.1) is 12.3 Å². The molecule has 19 heavy (non-hydrogen) atoms. The van der Waals surface area contributed by atoms with Crippen molar-refractivity contribution >= 4 is 35.7 Å². The predicted molar refractivity (Wildman–Crippen MR) is 78.3 cm³/mol. The number of fused-ring (bicyclic) bond motifs is 2. The average molecular weight is 307 g/mol. The summed E-state index contributed by atoms with van der Waals surface area (Å²) in [5.74, 6) is 0.0606. The summed E-state index contributed by atoms with van der Waals surface area (Å²) in [6, 6.07) is 0.